The summed E-state index contributed by atoms with van der Waals surface area (Å²) in [6.45, 7) is 3.72. The first-order valence-corrected chi connectivity index (χ1v) is 11.8. The van der Waals surface area contributed by atoms with Gasteiger partial charge in [-0.1, -0.05) is 19.1 Å². The number of esters is 1. The molecule has 2 heterocycles. The van der Waals surface area contributed by atoms with Crippen LogP contribution in [0.4, 0.5) is 13.2 Å². The number of nitrogens with zero attached hydrogens (tertiary/aromatic N) is 1. The summed E-state index contributed by atoms with van der Waals surface area (Å²) in [6.07, 6.45) is -4.60. The number of carbonyl (C=O) groups is 4. The number of hydrogen-bond acceptors (Lipinski definition) is 6. The smallest absolute Gasteiger partial charge is 0.446 e. The number of alkyl halides is 3. The van der Waals surface area contributed by atoms with Crippen LogP contribution in [0.2, 0.25) is 0 Å². The van der Waals surface area contributed by atoms with E-state index in [1.54, 1.807) is 6.07 Å². The van der Waals surface area contributed by atoms with Gasteiger partial charge in [-0.25, -0.2) is 4.79 Å². The molecule has 35 heavy (non-hydrogen) atoms. The standard InChI is InChI=1S/C24H30F3N3O5/c1-2-20(35-23(34)24(25,26)27)22(33)29-18-9-12-30(14-18)21(32)6-5-19(31)17-4-3-15-7-10-28-11-8-16(15)13-17/h3-4,13,18,20,28H,2,5-12,14H2,1H3,(H,29,33). The Morgan fingerprint density at radius 3 is 2.54 bits per heavy atom. The van der Waals surface area contributed by atoms with Crippen molar-refractivity contribution in [2.24, 2.45) is 0 Å². The fourth-order valence-corrected chi connectivity index (χ4v) is 4.29. The van der Waals surface area contributed by atoms with Crippen molar-refractivity contribution in [2.75, 3.05) is 26.2 Å². The normalized spacial score (nSPS) is 18.9. The van der Waals surface area contributed by atoms with E-state index in [0.29, 0.717) is 18.5 Å². The van der Waals surface area contributed by atoms with E-state index >= 15 is 0 Å². The van der Waals surface area contributed by atoms with Crippen LogP contribution < -0.4 is 10.6 Å². The van der Waals surface area contributed by atoms with Crippen LogP contribution in [0, 0.1) is 0 Å². The van der Waals surface area contributed by atoms with E-state index in [1.165, 1.54) is 17.4 Å². The fourth-order valence-electron chi connectivity index (χ4n) is 4.29. The summed E-state index contributed by atoms with van der Waals surface area (Å²) >= 11 is 0. The number of amides is 2. The molecule has 0 spiro atoms. The minimum atomic E-state index is -5.18. The van der Waals surface area contributed by atoms with Crippen LogP contribution in [0.1, 0.15) is 54.1 Å². The number of hydrogen-bond donors (Lipinski definition) is 2. The maximum absolute atomic E-state index is 12.6. The van der Waals surface area contributed by atoms with E-state index in [0.717, 1.165) is 31.5 Å². The molecule has 0 aliphatic carbocycles. The number of ether oxygens (including phenoxy) is 1. The van der Waals surface area contributed by atoms with Crippen molar-refractivity contribution < 1.29 is 37.1 Å². The van der Waals surface area contributed by atoms with Gasteiger partial charge in [0, 0.05) is 37.5 Å². The van der Waals surface area contributed by atoms with Gasteiger partial charge in [0.2, 0.25) is 5.91 Å². The fraction of sp³-hybridized carbons (Fsp3) is 0.583. The van der Waals surface area contributed by atoms with Gasteiger partial charge in [-0.2, -0.15) is 13.2 Å². The Hall–Kier alpha value is -2.95. The van der Waals surface area contributed by atoms with Gasteiger partial charge in [0.1, 0.15) is 0 Å². The zero-order valence-electron chi connectivity index (χ0n) is 19.6. The number of rotatable bonds is 8. The van der Waals surface area contributed by atoms with E-state index in [2.05, 4.69) is 15.4 Å². The molecule has 1 aromatic carbocycles. The molecule has 2 unspecified atom stereocenters. The Bertz CT molecular complexity index is 966. The average Bonchev–Trinajstić information content (AvgIpc) is 3.15. The van der Waals surface area contributed by atoms with Gasteiger partial charge in [0.15, 0.2) is 11.9 Å². The highest BCUT2D eigenvalue weighted by Gasteiger charge is 2.43. The van der Waals surface area contributed by atoms with Crippen molar-refractivity contribution in [3.8, 4) is 0 Å². The Labute approximate surface area is 201 Å². The first-order chi connectivity index (χ1) is 16.6. The SMILES string of the molecule is CCC(OC(=O)C(F)(F)F)C(=O)NC1CCN(C(=O)CCC(=O)c2ccc3c(c2)CCNCC3)C1. The minimum absolute atomic E-state index is 0.0267. The van der Waals surface area contributed by atoms with E-state index in [-0.39, 0.29) is 37.5 Å². The largest absolute Gasteiger partial charge is 0.490 e. The van der Waals surface area contributed by atoms with Crippen LogP contribution in [0.5, 0.6) is 0 Å². The molecule has 0 radical (unpaired) electrons. The Morgan fingerprint density at radius 2 is 1.86 bits per heavy atom. The van der Waals surface area contributed by atoms with Crippen LogP contribution in [-0.2, 0) is 32.0 Å². The third kappa shape index (κ3) is 7.27. The highest BCUT2D eigenvalue weighted by molar-refractivity contribution is 5.98. The van der Waals surface area contributed by atoms with Crippen molar-refractivity contribution in [2.45, 2.75) is 63.8 Å². The lowest BCUT2D eigenvalue weighted by atomic mass is 9.97. The molecule has 8 nitrogen and oxygen atoms in total. The zero-order valence-corrected chi connectivity index (χ0v) is 19.6. The molecule has 1 saturated heterocycles. The highest BCUT2D eigenvalue weighted by Crippen LogP contribution is 2.20. The van der Waals surface area contributed by atoms with Crippen LogP contribution in [0.25, 0.3) is 0 Å². The third-order valence-electron chi connectivity index (χ3n) is 6.27. The van der Waals surface area contributed by atoms with Gasteiger partial charge in [0.25, 0.3) is 5.91 Å². The number of halogens is 3. The first kappa shape index (κ1) is 26.7. The van der Waals surface area contributed by atoms with Gasteiger partial charge in [-0.05, 0) is 56.0 Å². The van der Waals surface area contributed by atoms with Crippen LogP contribution in [-0.4, -0.2) is 73.0 Å². The number of likely N-dealkylation sites (tertiary alicyclic amines) is 1. The second kappa shape index (κ2) is 11.7. The molecule has 0 bridgehead atoms. The van der Waals surface area contributed by atoms with E-state index in [1.807, 2.05) is 12.1 Å². The summed E-state index contributed by atoms with van der Waals surface area (Å²) in [5, 5.41) is 5.87. The predicted octanol–water partition coefficient (Wildman–Crippen LogP) is 1.94. The molecule has 2 atom stereocenters. The molecular weight excluding hydrogens is 467 g/mol. The minimum Gasteiger partial charge on any atom is -0.446 e. The number of carbonyl (C=O) groups excluding carboxylic acids is 4. The maximum atomic E-state index is 12.6. The van der Waals surface area contributed by atoms with E-state index < -0.39 is 30.2 Å². The van der Waals surface area contributed by atoms with Crippen molar-refractivity contribution in [3.05, 3.63) is 34.9 Å². The lowest BCUT2D eigenvalue weighted by Gasteiger charge is -2.20. The maximum Gasteiger partial charge on any atom is 0.490 e. The van der Waals surface area contributed by atoms with Gasteiger partial charge < -0.3 is 20.3 Å². The third-order valence-corrected chi connectivity index (χ3v) is 6.27. The number of ketones is 1. The average molecular weight is 498 g/mol. The predicted molar refractivity (Wildman–Crippen MR) is 120 cm³/mol. The number of nitrogens with one attached hydrogen (secondary N) is 2. The lowest BCUT2D eigenvalue weighted by molar-refractivity contribution is -0.205. The topological polar surface area (TPSA) is 105 Å². The van der Waals surface area contributed by atoms with E-state index in [4.69, 9.17) is 0 Å². The molecule has 2 aliphatic rings. The molecule has 2 N–H and O–H groups in total. The quantitative estimate of drug-likeness (QED) is 0.420. The summed E-state index contributed by atoms with van der Waals surface area (Å²) in [5.74, 6) is -3.60. The summed E-state index contributed by atoms with van der Waals surface area (Å²) < 4.78 is 41.5. The molecule has 1 aromatic rings. The van der Waals surface area contributed by atoms with E-state index in [9.17, 15) is 32.3 Å². The van der Waals surface area contributed by atoms with Crippen LogP contribution in [0.3, 0.4) is 0 Å². The van der Waals surface area contributed by atoms with Gasteiger partial charge in [-0.3, -0.25) is 14.4 Å². The molecule has 3 rings (SSSR count). The molecule has 2 aliphatic heterocycles. The Balaban J connectivity index is 1.46. The molecule has 0 saturated carbocycles. The zero-order chi connectivity index (χ0) is 25.6. The monoisotopic (exact) mass is 497 g/mol. The number of Topliss-reactive ketones (excluding diaryl/α,β-unsaturated/α-hetero) is 1. The van der Waals surface area contributed by atoms with Crippen LogP contribution >= 0.6 is 0 Å². The first-order valence-electron chi connectivity index (χ1n) is 11.8. The van der Waals surface area contributed by atoms with Gasteiger partial charge in [-0.15, -0.1) is 0 Å². The van der Waals surface area contributed by atoms with Crippen molar-refractivity contribution in [3.63, 3.8) is 0 Å². The molecule has 11 heteroatoms. The number of benzene rings is 1. The second-order valence-electron chi connectivity index (χ2n) is 8.79. The van der Waals surface area contributed by atoms with Gasteiger partial charge >= 0.3 is 12.1 Å². The summed E-state index contributed by atoms with van der Waals surface area (Å²) in [7, 11) is 0. The second-order valence-corrected chi connectivity index (χ2v) is 8.79. The van der Waals surface area contributed by atoms with Crippen molar-refractivity contribution >= 4 is 23.6 Å². The van der Waals surface area contributed by atoms with Gasteiger partial charge in [0.05, 0.1) is 0 Å². The molecular formula is C24H30F3N3O5. The highest BCUT2D eigenvalue weighted by atomic mass is 19.4. The molecule has 0 aromatic heterocycles. The van der Waals surface area contributed by atoms with Crippen molar-refractivity contribution in [1.82, 2.24) is 15.5 Å². The summed E-state index contributed by atoms with van der Waals surface area (Å²) in [4.78, 5) is 50.0. The molecule has 2 amide bonds. The Kier molecular flexibility index (Phi) is 8.87. The molecule has 1 fully saturated rings. The Morgan fingerprint density at radius 1 is 1.14 bits per heavy atom. The molecule has 192 valence electrons. The number of fused-ring (bicyclic) bond motifs is 1. The lowest BCUT2D eigenvalue weighted by Crippen LogP contribution is -2.45. The summed E-state index contributed by atoms with van der Waals surface area (Å²) in [5.41, 5.74) is 2.96. The summed E-state index contributed by atoms with van der Waals surface area (Å²) in [6, 6.07) is 5.21. The van der Waals surface area contributed by atoms with Crippen molar-refractivity contribution in [1.29, 1.82) is 0 Å². The van der Waals surface area contributed by atoms with Crippen LogP contribution in [0.15, 0.2) is 18.2 Å².